The first-order valence-electron chi connectivity index (χ1n) is 8.91. The molecule has 1 nitrogen and oxygen atoms in total. The molecule has 1 rings (SSSR count). The Morgan fingerprint density at radius 3 is 1.45 bits per heavy atom. The van der Waals surface area contributed by atoms with Gasteiger partial charge in [0.1, 0.15) is 0 Å². The molecule has 0 aliphatic heterocycles. The van der Waals surface area contributed by atoms with Gasteiger partial charge in [0, 0.05) is 11.8 Å². The maximum Gasteiger partial charge on any atom is 0.0698 e. The summed E-state index contributed by atoms with van der Waals surface area (Å²) in [5.41, 5.74) is 3.16. The van der Waals surface area contributed by atoms with Crippen molar-refractivity contribution in [3.63, 3.8) is 0 Å². The minimum atomic E-state index is 0.903. The molecule has 1 heteroatoms. The average Bonchev–Trinajstić information content (AvgIpc) is 2.62. The van der Waals surface area contributed by atoms with Crippen molar-refractivity contribution >= 4 is 12.2 Å². The molecule has 0 saturated carbocycles. The quantitative estimate of drug-likeness (QED) is 0.536. The maximum absolute atomic E-state index is 4.14. The van der Waals surface area contributed by atoms with Gasteiger partial charge in [-0.2, -0.15) is 0 Å². The smallest absolute Gasteiger partial charge is 0.0698 e. The van der Waals surface area contributed by atoms with E-state index in [-0.39, 0.29) is 0 Å². The van der Waals surface area contributed by atoms with E-state index in [2.05, 4.69) is 32.0 Å². The Morgan fingerprint density at radius 2 is 1.23 bits per heavy atom. The van der Waals surface area contributed by atoms with E-state index in [0.29, 0.717) is 0 Å². The molecule has 0 N–H and O–H groups in total. The summed E-state index contributed by atoms with van der Waals surface area (Å²) >= 11 is 0. The Morgan fingerprint density at radius 1 is 0.864 bits per heavy atom. The summed E-state index contributed by atoms with van der Waals surface area (Å²) in [6.45, 7) is 29.7. The summed E-state index contributed by atoms with van der Waals surface area (Å²) in [6.07, 6.45) is 6.57. The summed E-state index contributed by atoms with van der Waals surface area (Å²) in [6, 6.07) is 1.96. The monoisotopic (exact) mass is 309 g/mol. The summed E-state index contributed by atoms with van der Waals surface area (Å²) in [5.74, 6) is 0. The van der Waals surface area contributed by atoms with Crippen LogP contribution in [0.3, 0.4) is 0 Å². The fourth-order valence-electron chi connectivity index (χ4n) is 1.02. The van der Waals surface area contributed by atoms with Gasteiger partial charge in [-0.1, -0.05) is 94.9 Å². The fraction of sp³-hybridized carbons (Fsp3) is 0.571. The van der Waals surface area contributed by atoms with E-state index in [1.54, 1.807) is 18.3 Å². The summed E-state index contributed by atoms with van der Waals surface area (Å²) in [5, 5.41) is 0. The van der Waals surface area contributed by atoms with Crippen molar-refractivity contribution in [2.75, 3.05) is 0 Å². The zero-order valence-electron chi connectivity index (χ0n) is 17.4. The Kier molecular flexibility index (Phi) is 54.2. The zero-order valence-corrected chi connectivity index (χ0v) is 17.4. The Labute approximate surface area is 142 Å². The number of hydrogen-bond acceptors (Lipinski definition) is 1. The average molecular weight is 310 g/mol. The van der Waals surface area contributed by atoms with Crippen LogP contribution in [0.5, 0.6) is 0 Å². The van der Waals surface area contributed by atoms with Crippen molar-refractivity contribution in [2.45, 2.75) is 82.6 Å². The van der Waals surface area contributed by atoms with Gasteiger partial charge in [-0.25, -0.2) is 0 Å². The van der Waals surface area contributed by atoms with E-state index >= 15 is 0 Å². The Balaban J connectivity index is -0.0000000740. The molecule has 1 aromatic heterocycles. The lowest BCUT2D eigenvalue weighted by atomic mass is 10.1. The highest BCUT2D eigenvalue weighted by atomic mass is 14.7. The number of aromatic nitrogens is 1. The van der Waals surface area contributed by atoms with Gasteiger partial charge in [-0.15, -0.1) is 0 Å². The van der Waals surface area contributed by atoms with E-state index in [9.17, 15) is 0 Å². The fourth-order valence-corrected chi connectivity index (χ4v) is 1.02. The summed E-state index contributed by atoms with van der Waals surface area (Å²) in [4.78, 5) is 4.14. The Hall–Kier alpha value is -1.37. The van der Waals surface area contributed by atoms with Gasteiger partial charge in [0.15, 0.2) is 0 Å². The lowest BCUT2D eigenvalue weighted by molar-refractivity contribution is 1.09. The molecule has 0 saturated heterocycles. The number of aryl methyl sites for hydroxylation is 1. The van der Waals surface area contributed by atoms with Crippen LogP contribution in [0.2, 0.25) is 0 Å². The molecule has 1 aromatic rings. The van der Waals surface area contributed by atoms with Crippen molar-refractivity contribution in [1.29, 1.82) is 0 Å². The molecule has 0 amide bonds. The van der Waals surface area contributed by atoms with E-state index < -0.39 is 0 Å². The van der Waals surface area contributed by atoms with E-state index in [4.69, 9.17) is 0 Å². The van der Waals surface area contributed by atoms with Crippen molar-refractivity contribution in [1.82, 2.24) is 4.98 Å². The third kappa shape index (κ3) is 20.9. The third-order valence-electron chi connectivity index (χ3n) is 1.64. The lowest BCUT2D eigenvalue weighted by Gasteiger charge is -2.01. The van der Waals surface area contributed by atoms with Crippen molar-refractivity contribution in [3.05, 3.63) is 42.2 Å². The Bertz CT molecular complexity index is 301. The molecule has 1 heterocycles. The number of nitrogens with zero attached hydrogens (tertiary/aromatic N) is 1. The second-order valence-corrected chi connectivity index (χ2v) is 3.04. The van der Waals surface area contributed by atoms with Crippen molar-refractivity contribution < 1.29 is 0 Å². The van der Waals surface area contributed by atoms with Crippen LogP contribution in [0.1, 0.15) is 92.5 Å². The zero-order chi connectivity index (χ0) is 19.0. The largest absolute Gasteiger partial charge is 0.256 e. The predicted octanol–water partition coefficient (Wildman–Crippen LogP) is 8.20. The van der Waals surface area contributed by atoms with Crippen LogP contribution in [-0.4, -0.2) is 4.98 Å². The standard InChI is InChI=1S/C10H11N.C3H8.4C2H6/c1-4-9-8(3)6-7-11-10(9)5-2;1-3-2;4*1-2/h4-7H,1-2H2,3H3;3H2,1-2H3;4*1-2H3. The SMILES string of the molecule is C=Cc1nccc(C)c1C=C.CC.CC.CC.CC.CCC. The molecule has 0 aliphatic carbocycles. The van der Waals surface area contributed by atoms with Gasteiger partial charge >= 0.3 is 0 Å². The molecule has 0 spiro atoms. The van der Waals surface area contributed by atoms with Gasteiger partial charge in [0.25, 0.3) is 0 Å². The molecule has 132 valence electrons. The first-order chi connectivity index (χ1) is 10.7. The lowest BCUT2D eigenvalue weighted by Crippen LogP contribution is -1.88. The first kappa shape index (κ1) is 32.5. The molecule has 0 atom stereocenters. The van der Waals surface area contributed by atoms with Gasteiger partial charge in [0.05, 0.1) is 5.69 Å². The van der Waals surface area contributed by atoms with Crippen LogP contribution in [-0.2, 0) is 0 Å². The molecule has 0 radical (unpaired) electrons. The third-order valence-corrected chi connectivity index (χ3v) is 1.64. The highest BCUT2D eigenvalue weighted by Crippen LogP contribution is 2.13. The highest BCUT2D eigenvalue weighted by molar-refractivity contribution is 5.62. The topological polar surface area (TPSA) is 12.9 Å². The van der Waals surface area contributed by atoms with E-state index in [1.807, 2.05) is 68.4 Å². The number of hydrogen-bond donors (Lipinski definition) is 0. The van der Waals surface area contributed by atoms with Crippen LogP contribution >= 0.6 is 0 Å². The van der Waals surface area contributed by atoms with Crippen LogP contribution in [0.15, 0.2) is 25.4 Å². The van der Waals surface area contributed by atoms with Gasteiger partial charge < -0.3 is 0 Å². The highest BCUT2D eigenvalue weighted by Gasteiger charge is 1.97. The second-order valence-electron chi connectivity index (χ2n) is 3.04. The minimum Gasteiger partial charge on any atom is -0.256 e. The molecule has 0 aliphatic rings. The molecule has 0 aromatic carbocycles. The second kappa shape index (κ2) is 36.7. The van der Waals surface area contributed by atoms with Crippen LogP contribution in [0, 0.1) is 6.92 Å². The van der Waals surface area contributed by atoms with Gasteiger partial charge in [-0.3, -0.25) is 4.98 Å². The van der Waals surface area contributed by atoms with Gasteiger partial charge in [0.2, 0.25) is 0 Å². The summed E-state index contributed by atoms with van der Waals surface area (Å²) < 4.78 is 0. The van der Waals surface area contributed by atoms with Crippen molar-refractivity contribution in [3.8, 4) is 0 Å². The normalized spacial score (nSPS) is 6.50. The molecular formula is C21H43N. The minimum absolute atomic E-state index is 0.903. The number of pyridine rings is 1. The molecular weight excluding hydrogens is 266 g/mol. The van der Waals surface area contributed by atoms with Crippen LogP contribution in [0.4, 0.5) is 0 Å². The molecule has 0 fully saturated rings. The molecule has 22 heavy (non-hydrogen) atoms. The summed E-state index contributed by atoms with van der Waals surface area (Å²) in [7, 11) is 0. The first-order valence-corrected chi connectivity index (χ1v) is 8.91. The molecule has 0 bridgehead atoms. The maximum atomic E-state index is 4.14. The molecule has 0 unspecified atom stereocenters. The van der Waals surface area contributed by atoms with Crippen molar-refractivity contribution in [2.24, 2.45) is 0 Å². The predicted molar refractivity (Wildman–Crippen MR) is 111 cm³/mol. The van der Waals surface area contributed by atoms with E-state index in [1.165, 1.54) is 12.0 Å². The van der Waals surface area contributed by atoms with E-state index in [0.717, 1.165) is 11.3 Å². The van der Waals surface area contributed by atoms with Crippen LogP contribution in [0.25, 0.3) is 12.2 Å². The van der Waals surface area contributed by atoms with Crippen LogP contribution < -0.4 is 0 Å². The number of rotatable bonds is 2. The van der Waals surface area contributed by atoms with Gasteiger partial charge in [-0.05, 0) is 24.6 Å².